The van der Waals surface area contributed by atoms with Crippen molar-refractivity contribution in [3.05, 3.63) is 71.4 Å². The van der Waals surface area contributed by atoms with Gasteiger partial charge in [0.25, 0.3) is 0 Å². The average molecular weight is 325 g/mol. The molecule has 0 N–H and O–H groups in total. The molecule has 2 aromatic carbocycles. The minimum Gasteiger partial charge on any atom is -0.320 e. The van der Waals surface area contributed by atoms with E-state index >= 15 is 0 Å². The maximum absolute atomic E-state index is 2.40. The molecule has 0 amide bonds. The lowest BCUT2D eigenvalue weighted by Crippen LogP contribution is -2.26. The lowest BCUT2D eigenvalue weighted by Gasteiger charge is -2.23. The Bertz CT molecular complexity index is 833. The summed E-state index contributed by atoms with van der Waals surface area (Å²) in [5, 5.41) is 1.39. The highest BCUT2D eigenvalue weighted by Crippen LogP contribution is 2.30. The van der Waals surface area contributed by atoms with Crippen LogP contribution in [-0.4, -0.2) is 23.1 Å². The van der Waals surface area contributed by atoms with Crippen molar-refractivity contribution in [1.29, 1.82) is 0 Å². The Morgan fingerprint density at radius 2 is 1.70 bits per heavy atom. The fourth-order valence-corrected chi connectivity index (χ4v) is 3.37. The zero-order chi connectivity index (χ0) is 14.9. The average Bonchev–Trinajstić information content (AvgIpc) is 2.87. The Morgan fingerprint density at radius 3 is 2.52 bits per heavy atom. The molecule has 2 nitrogen and oxygen atoms in total. The Balaban J connectivity index is 0.00000156. The molecule has 3 aromatic rings. The molecule has 118 valence electrons. The zero-order valence-corrected chi connectivity index (χ0v) is 14.1. The fraction of sp³-hybridized carbons (Fsp3) is 0.200. The maximum atomic E-state index is 2.40. The number of para-hydroxylation sites is 1. The molecule has 1 aromatic heterocycles. The normalized spacial score (nSPS) is 14.8. The minimum atomic E-state index is 0. The van der Waals surface area contributed by atoms with Gasteiger partial charge in [0.15, 0.2) is 0 Å². The van der Waals surface area contributed by atoms with Crippen molar-refractivity contribution in [2.24, 2.45) is 0 Å². The fourth-order valence-electron chi connectivity index (χ4n) is 3.37. The number of benzene rings is 2. The van der Waals surface area contributed by atoms with Crippen LogP contribution in [0.5, 0.6) is 0 Å². The van der Waals surface area contributed by atoms with Crippen molar-refractivity contribution in [3.63, 3.8) is 0 Å². The summed E-state index contributed by atoms with van der Waals surface area (Å²) in [5.74, 6) is 0. The van der Waals surface area contributed by atoms with Crippen molar-refractivity contribution >= 4 is 35.6 Å². The standard InChI is InChI=1S/C20H20N2.ClH/c1-21-13-12-20-18(15-21)17-9-5-6-10-19(17)22(20)14-11-16-7-3-2-4-8-16;/h2-11,14H,12-13,15H2,1H3;1H/b14-11-;. The number of aromatic nitrogens is 1. The van der Waals surface area contributed by atoms with E-state index in [0.717, 1.165) is 19.5 Å². The molecular weight excluding hydrogens is 304 g/mol. The van der Waals surface area contributed by atoms with Crippen LogP contribution in [0.2, 0.25) is 0 Å². The second-order valence-electron chi connectivity index (χ2n) is 6.03. The summed E-state index contributed by atoms with van der Waals surface area (Å²) in [5.41, 5.74) is 5.51. The van der Waals surface area contributed by atoms with Crippen LogP contribution in [0.3, 0.4) is 0 Å². The van der Waals surface area contributed by atoms with Gasteiger partial charge in [-0.05, 0) is 30.3 Å². The predicted molar refractivity (Wildman–Crippen MR) is 101 cm³/mol. The summed E-state index contributed by atoms with van der Waals surface area (Å²) >= 11 is 0. The van der Waals surface area contributed by atoms with Gasteiger partial charge in [0, 0.05) is 36.8 Å². The van der Waals surface area contributed by atoms with E-state index in [4.69, 9.17) is 0 Å². The molecule has 0 saturated heterocycles. The molecule has 0 unspecified atom stereocenters. The van der Waals surface area contributed by atoms with E-state index in [-0.39, 0.29) is 12.4 Å². The number of fused-ring (bicyclic) bond motifs is 3. The summed E-state index contributed by atoms with van der Waals surface area (Å²) in [6.07, 6.45) is 5.53. The molecule has 0 aliphatic carbocycles. The second-order valence-corrected chi connectivity index (χ2v) is 6.03. The molecule has 0 bridgehead atoms. The van der Waals surface area contributed by atoms with Gasteiger partial charge in [0.2, 0.25) is 0 Å². The van der Waals surface area contributed by atoms with Gasteiger partial charge in [-0.1, -0.05) is 48.5 Å². The molecule has 0 spiro atoms. The van der Waals surface area contributed by atoms with Crippen LogP contribution in [0.1, 0.15) is 16.8 Å². The Labute approximate surface area is 143 Å². The van der Waals surface area contributed by atoms with Gasteiger partial charge in [-0.3, -0.25) is 0 Å². The SMILES string of the molecule is CN1CCc2c(c3ccccc3n2/C=C\c2ccccc2)C1.Cl. The maximum Gasteiger partial charge on any atom is 0.0528 e. The van der Waals surface area contributed by atoms with E-state index in [2.05, 4.69) is 83.4 Å². The number of likely N-dealkylation sites (N-methyl/N-ethyl adjacent to an activating group) is 1. The van der Waals surface area contributed by atoms with Crippen molar-refractivity contribution in [2.45, 2.75) is 13.0 Å². The van der Waals surface area contributed by atoms with Crippen LogP contribution in [0.15, 0.2) is 54.6 Å². The molecule has 1 aliphatic heterocycles. The Hall–Kier alpha value is -2.03. The molecular formula is C20H21ClN2. The quantitative estimate of drug-likeness (QED) is 0.664. The molecule has 2 heterocycles. The predicted octanol–water partition coefficient (Wildman–Crippen LogP) is 4.68. The summed E-state index contributed by atoms with van der Waals surface area (Å²) in [6, 6.07) is 19.2. The first-order chi connectivity index (χ1) is 10.8. The van der Waals surface area contributed by atoms with Crippen LogP contribution in [0, 0.1) is 0 Å². The Kier molecular flexibility index (Phi) is 4.56. The smallest absolute Gasteiger partial charge is 0.0528 e. The summed E-state index contributed by atoms with van der Waals surface area (Å²) < 4.78 is 2.38. The van der Waals surface area contributed by atoms with Crippen LogP contribution >= 0.6 is 12.4 Å². The van der Waals surface area contributed by atoms with Gasteiger partial charge >= 0.3 is 0 Å². The van der Waals surface area contributed by atoms with Crippen LogP contribution in [0.4, 0.5) is 0 Å². The molecule has 0 saturated carbocycles. The van der Waals surface area contributed by atoms with Gasteiger partial charge < -0.3 is 9.47 Å². The summed E-state index contributed by atoms with van der Waals surface area (Å²) in [7, 11) is 2.20. The van der Waals surface area contributed by atoms with E-state index in [0.29, 0.717) is 0 Å². The summed E-state index contributed by atoms with van der Waals surface area (Å²) in [6.45, 7) is 2.17. The third kappa shape index (κ3) is 2.92. The topological polar surface area (TPSA) is 8.17 Å². The van der Waals surface area contributed by atoms with E-state index in [1.165, 1.54) is 27.7 Å². The molecule has 23 heavy (non-hydrogen) atoms. The largest absolute Gasteiger partial charge is 0.320 e. The molecule has 0 fully saturated rings. The second kappa shape index (κ2) is 6.61. The molecule has 3 heteroatoms. The van der Waals surface area contributed by atoms with Crippen molar-refractivity contribution in [3.8, 4) is 0 Å². The number of nitrogens with zero attached hydrogens (tertiary/aromatic N) is 2. The third-order valence-corrected chi connectivity index (χ3v) is 4.50. The number of rotatable bonds is 2. The van der Waals surface area contributed by atoms with Crippen LogP contribution in [-0.2, 0) is 13.0 Å². The van der Waals surface area contributed by atoms with Crippen LogP contribution in [0.25, 0.3) is 23.2 Å². The molecule has 0 atom stereocenters. The van der Waals surface area contributed by atoms with Gasteiger partial charge in [0.1, 0.15) is 0 Å². The molecule has 1 aliphatic rings. The minimum absolute atomic E-state index is 0. The first kappa shape index (κ1) is 15.9. The lowest BCUT2D eigenvalue weighted by atomic mass is 10.1. The van der Waals surface area contributed by atoms with E-state index in [1.54, 1.807) is 0 Å². The van der Waals surface area contributed by atoms with Crippen molar-refractivity contribution < 1.29 is 0 Å². The molecule has 0 radical (unpaired) electrons. The summed E-state index contributed by atoms with van der Waals surface area (Å²) in [4.78, 5) is 2.40. The van der Waals surface area contributed by atoms with E-state index < -0.39 is 0 Å². The van der Waals surface area contributed by atoms with Gasteiger partial charge in [-0.15, -0.1) is 12.4 Å². The van der Waals surface area contributed by atoms with E-state index in [1.807, 2.05) is 0 Å². The van der Waals surface area contributed by atoms with Crippen molar-refractivity contribution in [1.82, 2.24) is 9.47 Å². The Morgan fingerprint density at radius 1 is 0.957 bits per heavy atom. The van der Waals surface area contributed by atoms with Crippen LogP contribution < -0.4 is 0 Å². The first-order valence-electron chi connectivity index (χ1n) is 7.85. The zero-order valence-electron chi connectivity index (χ0n) is 13.3. The van der Waals surface area contributed by atoms with Gasteiger partial charge in [-0.2, -0.15) is 0 Å². The number of halogens is 1. The van der Waals surface area contributed by atoms with E-state index in [9.17, 15) is 0 Å². The number of hydrogen-bond acceptors (Lipinski definition) is 1. The first-order valence-corrected chi connectivity index (χ1v) is 7.85. The van der Waals surface area contributed by atoms with Gasteiger partial charge in [-0.25, -0.2) is 0 Å². The third-order valence-electron chi connectivity index (χ3n) is 4.50. The highest BCUT2D eigenvalue weighted by atomic mass is 35.5. The highest BCUT2D eigenvalue weighted by Gasteiger charge is 2.20. The monoisotopic (exact) mass is 324 g/mol. The number of hydrogen-bond donors (Lipinski definition) is 0. The van der Waals surface area contributed by atoms with Gasteiger partial charge in [0.05, 0.1) is 5.52 Å². The molecule has 4 rings (SSSR count). The lowest BCUT2D eigenvalue weighted by molar-refractivity contribution is 0.312. The highest BCUT2D eigenvalue weighted by molar-refractivity contribution is 5.88. The van der Waals surface area contributed by atoms with Crippen molar-refractivity contribution in [2.75, 3.05) is 13.6 Å².